The largest absolute Gasteiger partial charge is 0.497 e. The zero-order valence-corrected chi connectivity index (χ0v) is 17.7. The van der Waals surface area contributed by atoms with Crippen molar-refractivity contribution >= 4 is 23.6 Å². The molecule has 0 aliphatic carbocycles. The minimum absolute atomic E-state index is 0.108. The Morgan fingerprint density at radius 2 is 1.60 bits per heavy atom. The number of nitrogens with one attached hydrogen (secondary N) is 1. The number of amides is 2. The van der Waals surface area contributed by atoms with Gasteiger partial charge in [0.2, 0.25) is 11.8 Å². The number of carbonyl (C=O) groups is 2. The number of methoxy groups -OCH3 is 4. The molecule has 0 atom stereocenters. The van der Waals surface area contributed by atoms with Gasteiger partial charge in [0.25, 0.3) is 0 Å². The third-order valence-corrected chi connectivity index (χ3v) is 4.25. The zero-order chi connectivity index (χ0) is 22.1. The fourth-order valence-electron chi connectivity index (χ4n) is 2.67. The van der Waals surface area contributed by atoms with Crippen LogP contribution >= 0.6 is 0 Å². The molecule has 0 fully saturated rings. The van der Waals surface area contributed by atoms with Crippen molar-refractivity contribution in [2.75, 3.05) is 47.3 Å². The van der Waals surface area contributed by atoms with Gasteiger partial charge in [0.1, 0.15) is 11.5 Å². The molecule has 0 aromatic heterocycles. The lowest BCUT2D eigenvalue weighted by molar-refractivity contribution is -0.129. The van der Waals surface area contributed by atoms with Crippen molar-refractivity contribution in [1.82, 2.24) is 4.90 Å². The third kappa shape index (κ3) is 5.91. The van der Waals surface area contributed by atoms with E-state index in [0.717, 1.165) is 0 Å². The molecular formula is C22H26N2O6. The Morgan fingerprint density at radius 3 is 2.23 bits per heavy atom. The van der Waals surface area contributed by atoms with Crippen LogP contribution in [0.5, 0.6) is 23.0 Å². The van der Waals surface area contributed by atoms with Crippen molar-refractivity contribution in [2.24, 2.45) is 0 Å². The topological polar surface area (TPSA) is 86.3 Å². The quantitative estimate of drug-likeness (QED) is 0.635. The summed E-state index contributed by atoms with van der Waals surface area (Å²) in [6, 6.07) is 10.4. The van der Waals surface area contributed by atoms with Gasteiger partial charge >= 0.3 is 0 Å². The van der Waals surface area contributed by atoms with E-state index in [2.05, 4.69) is 5.32 Å². The first kappa shape index (κ1) is 22.6. The number of hydrogen-bond donors (Lipinski definition) is 1. The monoisotopic (exact) mass is 414 g/mol. The molecule has 0 aliphatic heterocycles. The maximum absolute atomic E-state index is 12.4. The number of likely N-dealkylation sites (N-methyl/N-ethyl adjacent to an activating group) is 1. The lowest BCUT2D eigenvalue weighted by Crippen LogP contribution is -2.33. The molecule has 2 amide bonds. The average Bonchev–Trinajstić information content (AvgIpc) is 2.76. The van der Waals surface area contributed by atoms with Gasteiger partial charge in [-0.05, 0) is 24.3 Å². The molecular weight excluding hydrogens is 388 g/mol. The first-order chi connectivity index (χ1) is 14.4. The number of carbonyl (C=O) groups excluding carboxylic acids is 2. The third-order valence-electron chi connectivity index (χ3n) is 4.25. The highest BCUT2D eigenvalue weighted by Gasteiger charge is 2.13. The molecule has 0 radical (unpaired) electrons. The van der Waals surface area contributed by atoms with E-state index in [-0.39, 0.29) is 18.4 Å². The lowest BCUT2D eigenvalue weighted by atomic mass is 10.1. The van der Waals surface area contributed by atoms with Gasteiger partial charge in [-0.25, -0.2) is 0 Å². The Morgan fingerprint density at radius 1 is 0.933 bits per heavy atom. The van der Waals surface area contributed by atoms with Crippen LogP contribution in [0.2, 0.25) is 0 Å². The Labute approximate surface area is 176 Å². The summed E-state index contributed by atoms with van der Waals surface area (Å²) >= 11 is 0. The van der Waals surface area contributed by atoms with Gasteiger partial charge in [-0.1, -0.05) is 6.07 Å². The summed E-state index contributed by atoms with van der Waals surface area (Å²) in [5, 5.41) is 2.73. The Balaban J connectivity index is 2.04. The molecule has 0 bridgehead atoms. The van der Waals surface area contributed by atoms with Crippen molar-refractivity contribution < 1.29 is 28.5 Å². The standard InChI is InChI=1S/C22H26N2O6/c1-24(14-21(25)23-16-7-6-8-17(12-16)27-2)22(26)10-9-15-11-19(29-4)20(30-5)13-18(15)28-3/h6-13H,14H2,1-5H3,(H,23,25)/b10-9+. The summed E-state index contributed by atoms with van der Waals surface area (Å²) in [7, 11) is 7.67. The van der Waals surface area contributed by atoms with Crippen LogP contribution < -0.4 is 24.3 Å². The van der Waals surface area contributed by atoms with Crippen molar-refractivity contribution in [3.8, 4) is 23.0 Å². The molecule has 0 unspecified atom stereocenters. The van der Waals surface area contributed by atoms with Crippen molar-refractivity contribution in [3.63, 3.8) is 0 Å². The highest BCUT2D eigenvalue weighted by molar-refractivity contribution is 5.98. The van der Waals surface area contributed by atoms with Crippen LogP contribution in [0.3, 0.4) is 0 Å². The average molecular weight is 414 g/mol. The van der Waals surface area contributed by atoms with Crippen molar-refractivity contribution in [3.05, 3.63) is 48.0 Å². The van der Waals surface area contributed by atoms with E-state index in [9.17, 15) is 9.59 Å². The molecule has 8 nitrogen and oxygen atoms in total. The van der Waals surface area contributed by atoms with Crippen LogP contribution in [0.1, 0.15) is 5.56 Å². The molecule has 160 valence electrons. The van der Waals surface area contributed by atoms with E-state index in [4.69, 9.17) is 18.9 Å². The smallest absolute Gasteiger partial charge is 0.246 e. The highest BCUT2D eigenvalue weighted by atomic mass is 16.5. The molecule has 2 rings (SSSR count). The SMILES string of the molecule is COc1cccc(NC(=O)CN(C)C(=O)/C=C/c2cc(OC)c(OC)cc2OC)c1. The van der Waals surface area contributed by atoms with E-state index in [1.807, 2.05) is 0 Å². The second-order valence-electron chi connectivity index (χ2n) is 6.26. The Hall–Kier alpha value is -3.68. The highest BCUT2D eigenvalue weighted by Crippen LogP contribution is 2.35. The zero-order valence-electron chi connectivity index (χ0n) is 17.7. The predicted octanol–water partition coefficient (Wildman–Crippen LogP) is 2.83. The fourth-order valence-corrected chi connectivity index (χ4v) is 2.67. The summed E-state index contributed by atoms with van der Waals surface area (Å²) < 4.78 is 21.0. The van der Waals surface area contributed by atoms with E-state index in [0.29, 0.717) is 34.2 Å². The first-order valence-electron chi connectivity index (χ1n) is 9.09. The predicted molar refractivity (Wildman–Crippen MR) is 114 cm³/mol. The second-order valence-corrected chi connectivity index (χ2v) is 6.26. The maximum atomic E-state index is 12.4. The number of ether oxygens (including phenoxy) is 4. The summed E-state index contributed by atoms with van der Waals surface area (Å²) in [5.41, 5.74) is 1.23. The molecule has 0 heterocycles. The fraction of sp³-hybridized carbons (Fsp3) is 0.273. The Kier molecular flexibility index (Phi) is 8.10. The van der Waals surface area contributed by atoms with Crippen molar-refractivity contribution in [2.45, 2.75) is 0 Å². The number of benzene rings is 2. The van der Waals surface area contributed by atoms with Gasteiger partial charge in [0, 0.05) is 36.5 Å². The lowest BCUT2D eigenvalue weighted by Gasteiger charge is -2.15. The van der Waals surface area contributed by atoms with Crippen LogP contribution in [-0.4, -0.2) is 58.7 Å². The van der Waals surface area contributed by atoms with Gasteiger partial charge in [-0.15, -0.1) is 0 Å². The molecule has 0 saturated carbocycles. The minimum Gasteiger partial charge on any atom is -0.497 e. The van der Waals surface area contributed by atoms with E-state index < -0.39 is 0 Å². The van der Waals surface area contributed by atoms with Crippen LogP contribution in [0.25, 0.3) is 6.08 Å². The summed E-state index contributed by atoms with van der Waals surface area (Å²) in [6.07, 6.45) is 2.96. The number of nitrogens with zero attached hydrogens (tertiary/aromatic N) is 1. The molecule has 1 N–H and O–H groups in total. The molecule has 30 heavy (non-hydrogen) atoms. The molecule has 2 aromatic carbocycles. The van der Waals surface area contributed by atoms with Gasteiger partial charge in [0.05, 0.1) is 35.0 Å². The van der Waals surface area contributed by atoms with Crippen LogP contribution in [0.4, 0.5) is 5.69 Å². The number of hydrogen-bond acceptors (Lipinski definition) is 6. The maximum Gasteiger partial charge on any atom is 0.246 e. The summed E-state index contributed by atoms with van der Waals surface area (Å²) in [5.74, 6) is 1.52. The van der Waals surface area contributed by atoms with E-state index in [1.165, 1.54) is 32.3 Å². The number of rotatable bonds is 9. The minimum atomic E-state index is -0.340. The molecule has 0 aliphatic rings. The van der Waals surface area contributed by atoms with Crippen LogP contribution in [0.15, 0.2) is 42.5 Å². The molecule has 0 spiro atoms. The van der Waals surface area contributed by atoms with Crippen molar-refractivity contribution in [1.29, 1.82) is 0 Å². The second kappa shape index (κ2) is 10.8. The van der Waals surface area contributed by atoms with Crippen LogP contribution in [-0.2, 0) is 9.59 Å². The van der Waals surface area contributed by atoms with Gasteiger partial charge < -0.3 is 29.2 Å². The van der Waals surface area contributed by atoms with Gasteiger partial charge in [0.15, 0.2) is 11.5 Å². The van der Waals surface area contributed by atoms with E-state index >= 15 is 0 Å². The normalized spacial score (nSPS) is 10.4. The van der Waals surface area contributed by atoms with E-state index in [1.54, 1.807) is 56.6 Å². The molecule has 0 saturated heterocycles. The molecule has 2 aromatic rings. The summed E-state index contributed by atoms with van der Waals surface area (Å²) in [6.45, 7) is -0.108. The molecule has 8 heteroatoms. The number of anilines is 1. The first-order valence-corrected chi connectivity index (χ1v) is 9.09. The van der Waals surface area contributed by atoms with Gasteiger partial charge in [-0.3, -0.25) is 9.59 Å². The Bertz CT molecular complexity index is 926. The summed E-state index contributed by atoms with van der Waals surface area (Å²) in [4.78, 5) is 26.0. The van der Waals surface area contributed by atoms with Gasteiger partial charge in [-0.2, -0.15) is 0 Å². The van der Waals surface area contributed by atoms with Crippen LogP contribution in [0, 0.1) is 0 Å².